The first-order valence-corrected chi connectivity index (χ1v) is 7.24. The largest absolute Gasteiger partial charge is 0.497 e. The molecular formula is C17H19FN2O4. The zero-order chi connectivity index (χ0) is 17.5. The van der Waals surface area contributed by atoms with Crippen LogP contribution in [0.15, 0.2) is 42.5 Å². The Morgan fingerprint density at radius 2 is 1.79 bits per heavy atom. The van der Waals surface area contributed by atoms with E-state index in [0.717, 1.165) is 0 Å². The summed E-state index contributed by atoms with van der Waals surface area (Å²) in [6.07, 6.45) is -1.14. The number of aliphatic hydroxyl groups excluding tert-OH is 1. The minimum absolute atomic E-state index is 0.126. The molecule has 0 aromatic heterocycles. The third kappa shape index (κ3) is 4.60. The van der Waals surface area contributed by atoms with Gasteiger partial charge >= 0.3 is 6.03 Å². The summed E-state index contributed by atoms with van der Waals surface area (Å²) in [6, 6.07) is 10.2. The van der Waals surface area contributed by atoms with Gasteiger partial charge in [-0.3, -0.25) is 0 Å². The third-order valence-corrected chi connectivity index (χ3v) is 3.33. The summed E-state index contributed by atoms with van der Waals surface area (Å²) >= 11 is 0. The molecule has 0 heterocycles. The highest BCUT2D eigenvalue weighted by molar-refractivity contribution is 5.89. The molecule has 0 aliphatic carbocycles. The molecule has 0 fully saturated rings. The molecule has 128 valence electrons. The average molecular weight is 334 g/mol. The maximum atomic E-state index is 13.6. The van der Waals surface area contributed by atoms with Gasteiger partial charge in [0, 0.05) is 36.0 Å². The minimum atomic E-state index is -1.14. The Morgan fingerprint density at radius 3 is 2.38 bits per heavy atom. The number of carbonyl (C=O) groups excluding carboxylic acids is 1. The molecule has 0 radical (unpaired) electrons. The highest BCUT2D eigenvalue weighted by atomic mass is 19.1. The van der Waals surface area contributed by atoms with Crippen molar-refractivity contribution in [1.82, 2.24) is 5.32 Å². The molecule has 2 aromatic rings. The number of carbonyl (C=O) groups is 1. The second-order valence-corrected chi connectivity index (χ2v) is 4.97. The lowest BCUT2D eigenvalue weighted by atomic mass is 10.1. The van der Waals surface area contributed by atoms with Gasteiger partial charge in [0.15, 0.2) is 0 Å². The van der Waals surface area contributed by atoms with Crippen molar-refractivity contribution in [3.63, 3.8) is 0 Å². The molecule has 7 heteroatoms. The molecule has 3 N–H and O–H groups in total. The van der Waals surface area contributed by atoms with E-state index in [0.29, 0.717) is 17.2 Å². The van der Waals surface area contributed by atoms with Crippen LogP contribution in [-0.2, 0) is 0 Å². The predicted molar refractivity (Wildman–Crippen MR) is 87.9 cm³/mol. The van der Waals surface area contributed by atoms with Crippen molar-refractivity contribution >= 4 is 11.7 Å². The topological polar surface area (TPSA) is 79.8 Å². The van der Waals surface area contributed by atoms with Crippen molar-refractivity contribution in [2.75, 3.05) is 26.1 Å². The summed E-state index contributed by atoms with van der Waals surface area (Å²) in [4.78, 5) is 11.9. The number of hydrogen-bond acceptors (Lipinski definition) is 4. The summed E-state index contributed by atoms with van der Waals surface area (Å²) in [6.45, 7) is -0.131. The van der Waals surface area contributed by atoms with Gasteiger partial charge in [0.25, 0.3) is 0 Å². The minimum Gasteiger partial charge on any atom is -0.497 e. The van der Waals surface area contributed by atoms with E-state index in [1.54, 1.807) is 24.3 Å². The van der Waals surface area contributed by atoms with Crippen molar-refractivity contribution in [3.8, 4) is 11.5 Å². The Labute approximate surface area is 139 Å². The molecule has 24 heavy (non-hydrogen) atoms. The fourth-order valence-electron chi connectivity index (χ4n) is 2.10. The van der Waals surface area contributed by atoms with Gasteiger partial charge in [0.2, 0.25) is 0 Å². The molecule has 0 unspecified atom stereocenters. The molecule has 2 amide bonds. The van der Waals surface area contributed by atoms with Gasteiger partial charge < -0.3 is 25.2 Å². The number of ether oxygens (including phenoxy) is 2. The van der Waals surface area contributed by atoms with Gasteiger partial charge in [0.1, 0.15) is 17.3 Å². The maximum Gasteiger partial charge on any atom is 0.319 e. The van der Waals surface area contributed by atoms with E-state index in [4.69, 9.17) is 9.47 Å². The number of aliphatic hydroxyl groups is 1. The van der Waals surface area contributed by atoms with E-state index < -0.39 is 18.0 Å². The van der Waals surface area contributed by atoms with Gasteiger partial charge in [-0.05, 0) is 6.07 Å². The second-order valence-electron chi connectivity index (χ2n) is 4.97. The van der Waals surface area contributed by atoms with Crippen molar-refractivity contribution in [3.05, 3.63) is 53.8 Å². The summed E-state index contributed by atoms with van der Waals surface area (Å²) < 4.78 is 23.8. The van der Waals surface area contributed by atoms with Crippen LogP contribution >= 0.6 is 0 Å². The van der Waals surface area contributed by atoms with Gasteiger partial charge in [-0.15, -0.1) is 0 Å². The van der Waals surface area contributed by atoms with Gasteiger partial charge in [-0.25, -0.2) is 9.18 Å². The van der Waals surface area contributed by atoms with Crippen LogP contribution in [0.1, 0.15) is 11.7 Å². The number of nitrogens with one attached hydrogen (secondary N) is 2. The molecule has 6 nitrogen and oxygen atoms in total. The first-order valence-electron chi connectivity index (χ1n) is 7.24. The number of halogens is 1. The molecule has 1 atom stereocenters. The van der Waals surface area contributed by atoms with E-state index >= 15 is 0 Å². The molecule has 0 aliphatic rings. The van der Waals surface area contributed by atoms with E-state index in [-0.39, 0.29) is 12.1 Å². The second kappa shape index (κ2) is 8.16. The number of amides is 2. The first-order chi connectivity index (χ1) is 11.5. The van der Waals surface area contributed by atoms with Crippen LogP contribution in [0.2, 0.25) is 0 Å². The molecule has 0 aliphatic heterocycles. The zero-order valence-corrected chi connectivity index (χ0v) is 13.4. The number of rotatable bonds is 6. The summed E-state index contributed by atoms with van der Waals surface area (Å²) in [7, 11) is 3.01. The van der Waals surface area contributed by atoms with Gasteiger partial charge in [-0.1, -0.05) is 18.2 Å². The average Bonchev–Trinajstić information content (AvgIpc) is 2.59. The number of hydrogen-bond donors (Lipinski definition) is 3. The highest BCUT2D eigenvalue weighted by Gasteiger charge is 2.13. The van der Waals surface area contributed by atoms with E-state index in [1.165, 1.54) is 32.4 Å². The lowest BCUT2D eigenvalue weighted by Crippen LogP contribution is -2.32. The number of urea groups is 1. The number of methoxy groups -OCH3 is 2. The molecule has 2 aromatic carbocycles. The Morgan fingerprint density at radius 1 is 1.17 bits per heavy atom. The van der Waals surface area contributed by atoms with Crippen LogP contribution < -0.4 is 20.1 Å². The van der Waals surface area contributed by atoms with Crippen LogP contribution in [0.25, 0.3) is 0 Å². The Balaban J connectivity index is 1.95. The predicted octanol–water partition coefficient (Wildman–Crippen LogP) is 2.70. The molecule has 0 bridgehead atoms. The number of anilines is 1. The SMILES string of the molecule is COc1cc(NC(=O)NC[C@@H](O)c2ccccc2F)cc(OC)c1. The monoisotopic (exact) mass is 334 g/mol. The highest BCUT2D eigenvalue weighted by Crippen LogP contribution is 2.25. The molecule has 0 spiro atoms. The van der Waals surface area contributed by atoms with E-state index in [9.17, 15) is 14.3 Å². The Bertz CT molecular complexity index is 686. The van der Waals surface area contributed by atoms with E-state index in [2.05, 4.69) is 10.6 Å². The van der Waals surface area contributed by atoms with Crippen molar-refractivity contribution in [2.24, 2.45) is 0 Å². The Kier molecular flexibility index (Phi) is 5.97. The molecular weight excluding hydrogens is 315 g/mol. The fourth-order valence-corrected chi connectivity index (χ4v) is 2.10. The van der Waals surface area contributed by atoms with Crippen LogP contribution in [0.5, 0.6) is 11.5 Å². The van der Waals surface area contributed by atoms with Crippen LogP contribution in [0.3, 0.4) is 0 Å². The fraction of sp³-hybridized carbons (Fsp3) is 0.235. The van der Waals surface area contributed by atoms with Gasteiger partial charge in [0.05, 0.1) is 20.3 Å². The lowest BCUT2D eigenvalue weighted by molar-refractivity contribution is 0.170. The molecule has 2 rings (SSSR count). The zero-order valence-electron chi connectivity index (χ0n) is 13.4. The quantitative estimate of drug-likeness (QED) is 0.759. The van der Waals surface area contributed by atoms with Crippen LogP contribution in [0.4, 0.5) is 14.9 Å². The molecule has 0 saturated heterocycles. The maximum absolute atomic E-state index is 13.6. The first kappa shape index (κ1) is 17.6. The normalized spacial score (nSPS) is 11.5. The third-order valence-electron chi connectivity index (χ3n) is 3.33. The van der Waals surface area contributed by atoms with Crippen LogP contribution in [0, 0.1) is 5.82 Å². The number of benzene rings is 2. The Hall–Kier alpha value is -2.80. The molecule has 0 saturated carbocycles. The van der Waals surface area contributed by atoms with Crippen molar-refractivity contribution in [2.45, 2.75) is 6.10 Å². The smallest absolute Gasteiger partial charge is 0.319 e. The summed E-state index contributed by atoms with van der Waals surface area (Å²) in [5, 5.41) is 15.0. The van der Waals surface area contributed by atoms with E-state index in [1.807, 2.05) is 0 Å². The lowest BCUT2D eigenvalue weighted by Gasteiger charge is -2.14. The standard InChI is InChI=1S/C17H19FN2O4/c1-23-12-7-11(8-13(9-12)24-2)20-17(22)19-10-16(21)14-5-3-4-6-15(14)18/h3-9,16,21H,10H2,1-2H3,(H2,19,20,22)/t16-/m1/s1. The van der Waals surface area contributed by atoms with Gasteiger partial charge in [-0.2, -0.15) is 0 Å². The van der Waals surface area contributed by atoms with Crippen molar-refractivity contribution < 1.29 is 23.8 Å². The van der Waals surface area contributed by atoms with Crippen LogP contribution in [-0.4, -0.2) is 31.9 Å². The van der Waals surface area contributed by atoms with Crippen molar-refractivity contribution in [1.29, 1.82) is 0 Å². The summed E-state index contributed by atoms with van der Waals surface area (Å²) in [5.41, 5.74) is 0.588. The summed E-state index contributed by atoms with van der Waals surface area (Å²) in [5.74, 6) is 0.525.